The Morgan fingerprint density at radius 2 is 2.08 bits per heavy atom. The number of hydrogen-bond donors (Lipinski definition) is 1. The molecule has 1 aliphatic heterocycles. The molecule has 2 heterocycles. The smallest absolute Gasteiger partial charge is 0.170 e. The number of benzene rings is 1. The highest BCUT2D eigenvalue weighted by molar-refractivity contribution is 5.85. The van der Waals surface area contributed by atoms with Crippen molar-refractivity contribution in [2.24, 2.45) is 0 Å². The van der Waals surface area contributed by atoms with Crippen LogP contribution in [0.15, 0.2) is 22.7 Å². The van der Waals surface area contributed by atoms with Gasteiger partial charge in [0, 0.05) is 23.4 Å². The Morgan fingerprint density at radius 3 is 2.84 bits per heavy atom. The van der Waals surface area contributed by atoms with Crippen LogP contribution in [0.3, 0.4) is 0 Å². The first-order valence-corrected chi connectivity index (χ1v) is 9.08. The zero-order chi connectivity index (χ0) is 16.7. The van der Waals surface area contributed by atoms with Gasteiger partial charge in [0.15, 0.2) is 5.58 Å². The molecule has 2 aliphatic rings. The van der Waals surface area contributed by atoms with Gasteiger partial charge in [-0.2, -0.15) is 0 Å². The lowest BCUT2D eigenvalue weighted by Gasteiger charge is -2.41. The predicted molar refractivity (Wildman–Crippen MR) is 97.6 cm³/mol. The van der Waals surface area contributed by atoms with Crippen LogP contribution in [0.5, 0.6) is 0 Å². The van der Waals surface area contributed by atoms with E-state index in [4.69, 9.17) is 4.52 Å². The lowest BCUT2D eigenvalue weighted by Crippen LogP contribution is -2.51. The van der Waals surface area contributed by atoms with Gasteiger partial charge >= 0.3 is 0 Å². The number of aromatic nitrogens is 1. The molecule has 1 aliphatic carbocycles. The maximum Gasteiger partial charge on any atom is 0.170 e. The zero-order valence-corrected chi connectivity index (χ0v) is 15.4. The van der Waals surface area contributed by atoms with Gasteiger partial charge in [0.2, 0.25) is 0 Å². The first kappa shape index (κ1) is 18.6. The quantitative estimate of drug-likeness (QED) is 0.879. The Bertz CT molecular complexity index is 731. The third kappa shape index (κ3) is 3.42. The molecule has 0 radical (unpaired) electrons. The Morgan fingerprint density at radius 1 is 1.32 bits per heavy atom. The van der Waals surface area contributed by atoms with Crippen molar-refractivity contribution in [3.63, 3.8) is 0 Å². The van der Waals surface area contributed by atoms with Crippen molar-refractivity contribution < 1.29 is 14.0 Å². The van der Waals surface area contributed by atoms with Crippen LogP contribution in [0.2, 0.25) is 0 Å². The van der Waals surface area contributed by atoms with Crippen LogP contribution in [0, 0.1) is 5.82 Å². The minimum atomic E-state index is -0.673. The highest BCUT2D eigenvalue weighted by Gasteiger charge is 2.45. The van der Waals surface area contributed by atoms with E-state index in [1.807, 2.05) is 0 Å². The third-order valence-corrected chi connectivity index (χ3v) is 6.09. The van der Waals surface area contributed by atoms with E-state index in [1.54, 1.807) is 6.07 Å². The first-order valence-electron chi connectivity index (χ1n) is 9.08. The molecule has 1 N–H and O–H groups in total. The van der Waals surface area contributed by atoms with Gasteiger partial charge in [-0.3, -0.25) is 4.90 Å². The Balaban J connectivity index is 0.00000182. The van der Waals surface area contributed by atoms with Gasteiger partial charge in [-0.25, -0.2) is 4.39 Å². The van der Waals surface area contributed by atoms with Crippen LogP contribution in [0.4, 0.5) is 4.39 Å². The lowest BCUT2D eigenvalue weighted by atomic mass is 9.89. The van der Waals surface area contributed by atoms with Crippen molar-refractivity contribution in [3.8, 4) is 0 Å². The van der Waals surface area contributed by atoms with Crippen molar-refractivity contribution in [3.05, 3.63) is 29.7 Å². The van der Waals surface area contributed by atoms with E-state index in [0.29, 0.717) is 12.0 Å². The molecular weight excluding hydrogens is 343 g/mol. The summed E-state index contributed by atoms with van der Waals surface area (Å²) in [5.41, 5.74) is 0.684. The van der Waals surface area contributed by atoms with E-state index in [-0.39, 0.29) is 30.2 Å². The summed E-state index contributed by atoms with van der Waals surface area (Å²) in [6.07, 6.45) is 6.13. The number of aliphatic hydroxyl groups is 1. The number of nitrogens with zero attached hydrogens (tertiary/aromatic N) is 2. The minimum Gasteiger partial charge on any atom is -0.388 e. The predicted octanol–water partition coefficient (Wildman–Crippen LogP) is 4.26. The van der Waals surface area contributed by atoms with Gasteiger partial charge < -0.3 is 9.63 Å². The monoisotopic (exact) mass is 368 g/mol. The molecule has 1 aromatic carbocycles. The number of fused-ring (bicyclic) bond motifs is 1. The average molecular weight is 369 g/mol. The van der Waals surface area contributed by atoms with Gasteiger partial charge in [0.05, 0.1) is 11.3 Å². The molecule has 4 nitrogen and oxygen atoms in total. The molecule has 4 rings (SSSR count). The number of hydrogen-bond acceptors (Lipinski definition) is 4. The molecule has 1 saturated heterocycles. The van der Waals surface area contributed by atoms with Gasteiger partial charge in [0.1, 0.15) is 5.82 Å². The van der Waals surface area contributed by atoms with Crippen LogP contribution >= 0.6 is 12.4 Å². The highest BCUT2D eigenvalue weighted by atomic mass is 35.5. The SMILES string of the molecule is CC(N1CCCCC1)C1(O)CCC(c2noc3cc(F)ccc23)C1.Cl. The maximum absolute atomic E-state index is 13.3. The van der Waals surface area contributed by atoms with Crippen molar-refractivity contribution >= 4 is 23.4 Å². The molecular formula is C19H26ClFN2O2. The molecule has 1 saturated carbocycles. The third-order valence-electron chi connectivity index (χ3n) is 6.09. The molecule has 3 unspecified atom stereocenters. The molecule has 2 fully saturated rings. The summed E-state index contributed by atoms with van der Waals surface area (Å²) in [5.74, 6) is -0.138. The maximum atomic E-state index is 13.3. The molecule has 3 atom stereocenters. The van der Waals surface area contributed by atoms with Gasteiger partial charge in [0.25, 0.3) is 0 Å². The van der Waals surface area contributed by atoms with E-state index < -0.39 is 5.60 Å². The lowest BCUT2D eigenvalue weighted by molar-refractivity contribution is -0.0418. The molecule has 1 aromatic heterocycles. The topological polar surface area (TPSA) is 49.5 Å². The molecule has 6 heteroatoms. The molecule has 138 valence electrons. The summed E-state index contributed by atoms with van der Waals surface area (Å²) in [7, 11) is 0. The van der Waals surface area contributed by atoms with Crippen LogP contribution in [-0.2, 0) is 0 Å². The summed E-state index contributed by atoms with van der Waals surface area (Å²) in [6, 6.07) is 4.73. The Labute approximate surface area is 153 Å². The van der Waals surface area contributed by atoms with Crippen molar-refractivity contribution in [2.75, 3.05) is 13.1 Å². The normalized spacial score (nSPS) is 28.8. The molecule has 0 amide bonds. The van der Waals surface area contributed by atoms with Crippen molar-refractivity contribution in [2.45, 2.75) is 63.0 Å². The minimum absolute atomic E-state index is 0. The van der Waals surface area contributed by atoms with Crippen LogP contribution in [-0.4, -0.2) is 39.9 Å². The van der Waals surface area contributed by atoms with E-state index in [2.05, 4.69) is 17.0 Å². The molecule has 0 bridgehead atoms. The fraction of sp³-hybridized carbons (Fsp3) is 0.632. The second kappa shape index (κ2) is 7.22. The van der Waals surface area contributed by atoms with Gasteiger partial charge in [-0.15, -0.1) is 12.4 Å². The van der Waals surface area contributed by atoms with Crippen molar-refractivity contribution in [1.29, 1.82) is 0 Å². The standard InChI is InChI=1S/C19H25FN2O2.ClH/c1-13(22-9-3-2-4-10-22)19(23)8-7-14(12-19)18-16-6-5-15(20)11-17(16)24-21-18;/h5-6,11,13-14,23H,2-4,7-10,12H2,1H3;1H. The number of likely N-dealkylation sites (tertiary alicyclic amines) is 1. The van der Waals surface area contributed by atoms with E-state index in [0.717, 1.165) is 37.0 Å². The number of halogens is 2. The number of rotatable bonds is 3. The largest absolute Gasteiger partial charge is 0.388 e. The van der Waals surface area contributed by atoms with Crippen LogP contribution < -0.4 is 0 Å². The van der Waals surface area contributed by atoms with Crippen LogP contribution in [0.25, 0.3) is 11.0 Å². The van der Waals surface area contributed by atoms with Crippen molar-refractivity contribution in [1.82, 2.24) is 10.1 Å². The second-order valence-electron chi connectivity index (χ2n) is 7.52. The van der Waals surface area contributed by atoms with E-state index in [1.165, 1.54) is 31.4 Å². The summed E-state index contributed by atoms with van der Waals surface area (Å²) in [4.78, 5) is 2.43. The first-order chi connectivity index (χ1) is 11.6. The fourth-order valence-electron chi connectivity index (χ4n) is 4.54. The molecule has 2 aromatic rings. The summed E-state index contributed by atoms with van der Waals surface area (Å²) in [5, 5.41) is 16.3. The molecule has 25 heavy (non-hydrogen) atoms. The van der Waals surface area contributed by atoms with E-state index in [9.17, 15) is 9.50 Å². The van der Waals surface area contributed by atoms with Gasteiger partial charge in [-0.05, 0) is 64.3 Å². The summed E-state index contributed by atoms with van der Waals surface area (Å²) < 4.78 is 18.6. The summed E-state index contributed by atoms with van der Waals surface area (Å²) in [6.45, 7) is 4.32. The fourth-order valence-corrected chi connectivity index (χ4v) is 4.54. The zero-order valence-electron chi connectivity index (χ0n) is 14.6. The summed E-state index contributed by atoms with van der Waals surface area (Å²) >= 11 is 0. The Hall–Kier alpha value is -1.17. The average Bonchev–Trinajstić information content (AvgIpc) is 3.19. The highest BCUT2D eigenvalue weighted by Crippen LogP contribution is 2.45. The van der Waals surface area contributed by atoms with E-state index >= 15 is 0 Å². The molecule has 0 spiro atoms. The second-order valence-corrected chi connectivity index (χ2v) is 7.52. The van der Waals surface area contributed by atoms with Crippen LogP contribution in [0.1, 0.15) is 57.1 Å². The number of piperidine rings is 1. The Kier molecular flexibility index (Phi) is 5.37. The van der Waals surface area contributed by atoms with Gasteiger partial charge in [-0.1, -0.05) is 11.6 Å².